The van der Waals surface area contributed by atoms with Gasteiger partial charge in [-0.2, -0.15) is 0 Å². The zero-order valence-corrected chi connectivity index (χ0v) is 47.4. The van der Waals surface area contributed by atoms with Gasteiger partial charge in [-0.25, -0.2) is 15.0 Å². The normalized spacial score (nSPS) is 14.5. The highest BCUT2D eigenvalue weighted by Crippen LogP contribution is 2.63. The van der Waals surface area contributed by atoms with Crippen LogP contribution in [0.5, 0.6) is 0 Å². The molecular formula is C80H58N6. The molecule has 11 aromatic carbocycles. The van der Waals surface area contributed by atoms with E-state index in [4.69, 9.17) is 19.9 Å². The van der Waals surface area contributed by atoms with Crippen molar-refractivity contribution in [1.82, 2.24) is 20.3 Å². The van der Waals surface area contributed by atoms with Gasteiger partial charge in [0, 0.05) is 33.7 Å². The van der Waals surface area contributed by atoms with Gasteiger partial charge >= 0.3 is 0 Å². The Hall–Kier alpha value is -11.0. The summed E-state index contributed by atoms with van der Waals surface area (Å²) in [6.07, 6.45) is 9.64. The van der Waals surface area contributed by atoms with Gasteiger partial charge in [0.15, 0.2) is 17.5 Å². The van der Waals surface area contributed by atoms with Gasteiger partial charge in [0.25, 0.3) is 0 Å². The molecule has 2 unspecified atom stereocenters. The molecule has 6 nitrogen and oxygen atoms in total. The largest absolute Gasteiger partial charge is 0.325 e. The number of hydrogen-bond donors (Lipinski definition) is 2. The third kappa shape index (κ3) is 9.38. The molecule has 12 aromatic rings. The van der Waals surface area contributed by atoms with Crippen molar-refractivity contribution in [3.63, 3.8) is 0 Å². The Labute approximate surface area is 501 Å². The first-order valence-corrected chi connectivity index (χ1v) is 29.5. The highest BCUT2D eigenvalue weighted by atomic mass is 15.0. The van der Waals surface area contributed by atoms with Crippen molar-refractivity contribution in [2.45, 2.75) is 30.7 Å². The molecule has 0 radical (unpaired) electrons. The molecule has 0 saturated carbocycles. The van der Waals surface area contributed by atoms with Crippen molar-refractivity contribution < 1.29 is 0 Å². The maximum absolute atomic E-state index is 9.71. The van der Waals surface area contributed by atoms with Crippen LogP contribution in [0.15, 0.2) is 302 Å². The lowest BCUT2D eigenvalue weighted by Crippen LogP contribution is -2.32. The van der Waals surface area contributed by atoms with Crippen LogP contribution < -0.4 is 5.32 Å². The summed E-state index contributed by atoms with van der Waals surface area (Å²) in [5, 5.41) is 13.3. The first-order valence-electron chi connectivity index (χ1n) is 29.5. The van der Waals surface area contributed by atoms with Crippen molar-refractivity contribution in [3.8, 4) is 89.8 Å². The molecule has 3 aliphatic rings. The SMILES string of the molecule is CC(N=C(NC(=N)c1ccc(C2C=CC=CC2)cc1)c1ccc2c(c1)C1(c3ccccc3-c3ccccc31)c1cc(-c3nc(-c4ccc(-c5ccccc5)cc4)nc(-c4ccc(-c5ccccc5)cc4)n3)ccc1-2)c1ccc(-c2ccccc2)cc1. The summed E-state index contributed by atoms with van der Waals surface area (Å²) in [5.74, 6) is 2.98. The number of nitrogens with one attached hydrogen (secondary N) is 2. The lowest BCUT2D eigenvalue weighted by atomic mass is 9.70. The molecule has 15 rings (SSSR count). The first-order chi connectivity index (χ1) is 42.4. The second-order valence-electron chi connectivity index (χ2n) is 22.5. The van der Waals surface area contributed by atoms with Crippen LogP contribution in [-0.2, 0) is 5.41 Å². The standard InChI is InChI=1S/C80H58N6/c1-52(53-30-32-58(33-31-53)54-18-6-2-7-19-54)82-78(83-75(81)62-40-34-59(35-41-62)55-20-8-3-9-21-55)65-46-48-69-70-49-47-66(51-74(70)80(73(69)50-65)71-28-16-14-26-67(71)68-27-15-17-29-72(68)80)79-85-76(63-42-36-60(37-43-63)56-22-10-4-11-23-56)84-77(86-79)64-44-38-61(39-45-64)57-24-12-5-13-25-57/h2-20,22-52,55H,21H2,1H3,(H2,81,82,83). The molecule has 0 saturated heterocycles. The van der Waals surface area contributed by atoms with Crippen LogP contribution in [0.1, 0.15) is 69.8 Å². The smallest absolute Gasteiger partial charge is 0.164 e. The number of fused-ring (bicyclic) bond motifs is 10. The molecule has 0 fully saturated rings. The van der Waals surface area contributed by atoms with Gasteiger partial charge in [-0.1, -0.05) is 285 Å². The van der Waals surface area contributed by atoms with Crippen molar-refractivity contribution in [3.05, 3.63) is 342 Å². The molecule has 0 amide bonds. The molecule has 2 N–H and O–H groups in total. The van der Waals surface area contributed by atoms with Crippen LogP contribution in [0, 0.1) is 5.41 Å². The van der Waals surface area contributed by atoms with E-state index in [2.05, 4.69) is 291 Å². The summed E-state index contributed by atoms with van der Waals surface area (Å²) in [6, 6.07) is 96.5. The molecule has 0 aliphatic heterocycles. The maximum Gasteiger partial charge on any atom is 0.164 e. The summed E-state index contributed by atoms with van der Waals surface area (Å²) in [4.78, 5) is 21.5. The van der Waals surface area contributed by atoms with E-state index in [0.29, 0.717) is 29.2 Å². The Morgan fingerprint density at radius 3 is 1.36 bits per heavy atom. The Bertz CT molecular complexity index is 4480. The maximum atomic E-state index is 9.71. The van der Waals surface area contributed by atoms with Gasteiger partial charge in [-0.05, 0) is 114 Å². The Morgan fingerprint density at radius 1 is 0.419 bits per heavy atom. The third-order valence-corrected chi connectivity index (χ3v) is 17.4. The molecule has 86 heavy (non-hydrogen) atoms. The van der Waals surface area contributed by atoms with Gasteiger partial charge in [-0.15, -0.1) is 0 Å². The zero-order valence-electron chi connectivity index (χ0n) is 47.4. The van der Waals surface area contributed by atoms with Crippen LogP contribution in [-0.4, -0.2) is 26.6 Å². The van der Waals surface area contributed by atoms with Gasteiger partial charge in [-0.3, -0.25) is 10.4 Å². The van der Waals surface area contributed by atoms with E-state index in [0.717, 1.165) is 89.9 Å². The summed E-state index contributed by atoms with van der Waals surface area (Å²) in [5.41, 5.74) is 22.2. The fraction of sp³-hybridized carbons (Fsp3) is 0.0625. The highest BCUT2D eigenvalue weighted by Gasteiger charge is 2.52. The van der Waals surface area contributed by atoms with Crippen LogP contribution in [0.2, 0.25) is 0 Å². The summed E-state index contributed by atoms with van der Waals surface area (Å²) < 4.78 is 0. The van der Waals surface area contributed by atoms with Crippen LogP contribution in [0.25, 0.3) is 89.8 Å². The van der Waals surface area contributed by atoms with Crippen LogP contribution in [0.3, 0.4) is 0 Å². The van der Waals surface area contributed by atoms with E-state index < -0.39 is 5.41 Å². The molecule has 2 atom stereocenters. The van der Waals surface area contributed by atoms with Gasteiger partial charge in [0.1, 0.15) is 11.7 Å². The van der Waals surface area contributed by atoms with E-state index in [-0.39, 0.29) is 11.9 Å². The number of amidine groups is 2. The van der Waals surface area contributed by atoms with E-state index in [1.807, 2.05) is 18.2 Å². The summed E-state index contributed by atoms with van der Waals surface area (Å²) in [7, 11) is 0. The minimum atomic E-state index is -0.737. The van der Waals surface area contributed by atoms with E-state index >= 15 is 0 Å². The molecule has 408 valence electrons. The van der Waals surface area contributed by atoms with Crippen molar-refractivity contribution in [2.24, 2.45) is 4.99 Å². The number of benzene rings is 11. The Balaban J connectivity index is 0.870. The molecular weight excluding hydrogens is 1040 g/mol. The fourth-order valence-corrected chi connectivity index (χ4v) is 13.0. The van der Waals surface area contributed by atoms with E-state index in [1.54, 1.807) is 0 Å². The molecule has 1 spiro atoms. The van der Waals surface area contributed by atoms with Gasteiger partial charge < -0.3 is 5.32 Å². The Morgan fingerprint density at radius 2 is 0.837 bits per heavy atom. The minimum Gasteiger partial charge on any atom is -0.325 e. The van der Waals surface area contributed by atoms with Crippen molar-refractivity contribution in [2.75, 3.05) is 0 Å². The Kier molecular flexibility index (Phi) is 13.3. The molecule has 0 bridgehead atoms. The van der Waals surface area contributed by atoms with Crippen LogP contribution in [0.4, 0.5) is 0 Å². The number of nitrogens with zero attached hydrogens (tertiary/aromatic N) is 4. The van der Waals surface area contributed by atoms with Crippen molar-refractivity contribution in [1.29, 1.82) is 5.41 Å². The summed E-state index contributed by atoms with van der Waals surface area (Å²) in [6.45, 7) is 2.14. The van der Waals surface area contributed by atoms with Gasteiger partial charge in [0.2, 0.25) is 0 Å². The average Bonchev–Trinajstić information content (AvgIpc) is 1.52. The second-order valence-corrected chi connectivity index (χ2v) is 22.5. The lowest BCUT2D eigenvalue weighted by Gasteiger charge is -2.31. The number of aromatic nitrogens is 3. The fourth-order valence-electron chi connectivity index (χ4n) is 13.0. The number of rotatable bonds is 11. The quantitative estimate of drug-likeness (QED) is 0.0998. The van der Waals surface area contributed by atoms with Crippen molar-refractivity contribution >= 4 is 11.7 Å². The number of allylic oxidation sites excluding steroid dienone is 4. The molecule has 1 heterocycles. The highest BCUT2D eigenvalue weighted by molar-refractivity contribution is 6.14. The lowest BCUT2D eigenvalue weighted by molar-refractivity contribution is 0.792. The number of aliphatic imine (C=N–C) groups is 1. The minimum absolute atomic E-state index is 0.253. The number of hydrogen-bond acceptors (Lipinski definition) is 5. The summed E-state index contributed by atoms with van der Waals surface area (Å²) >= 11 is 0. The van der Waals surface area contributed by atoms with E-state index in [1.165, 1.54) is 33.4 Å². The average molecular weight is 1100 g/mol. The topological polar surface area (TPSA) is 86.9 Å². The molecule has 6 heteroatoms. The molecule has 3 aliphatic carbocycles. The monoisotopic (exact) mass is 1100 g/mol. The van der Waals surface area contributed by atoms with E-state index in [9.17, 15) is 5.41 Å². The predicted octanol–water partition coefficient (Wildman–Crippen LogP) is 18.9. The van der Waals surface area contributed by atoms with Gasteiger partial charge in [0.05, 0.1) is 11.5 Å². The first kappa shape index (κ1) is 51.9. The predicted molar refractivity (Wildman–Crippen MR) is 352 cm³/mol. The molecule has 1 aromatic heterocycles. The second kappa shape index (κ2) is 22.0. The van der Waals surface area contributed by atoms with Crippen LogP contribution >= 0.6 is 0 Å². The zero-order chi connectivity index (χ0) is 57.6. The third-order valence-electron chi connectivity index (χ3n) is 17.4.